The number of aliphatic hydroxyl groups excluding tert-OH is 1. The summed E-state index contributed by atoms with van der Waals surface area (Å²) < 4.78 is 0. The lowest BCUT2D eigenvalue weighted by Crippen LogP contribution is -1.91. The third kappa shape index (κ3) is 3.72. The molecule has 0 aliphatic carbocycles. The molecule has 0 aliphatic rings. The van der Waals surface area contributed by atoms with Crippen molar-refractivity contribution in [3.63, 3.8) is 0 Å². The molecule has 0 saturated carbocycles. The standard InChI is InChI=1S/C15H20O/c1-3-14-10-9-13(12-15(14)4-2)8-6-5-7-11-16/h9-10,12,16H,3-5,7,11H2,1-2H3. The van der Waals surface area contributed by atoms with E-state index >= 15 is 0 Å². The van der Waals surface area contributed by atoms with E-state index in [9.17, 15) is 0 Å². The maximum absolute atomic E-state index is 8.65. The number of hydrogen-bond donors (Lipinski definition) is 1. The van der Waals surface area contributed by atoms with Crippen molar-refractivity contribution in [1.29, 1.82) is 0 Å². The van der Waals surface area contributed by atoms with Crippen LogP contribution in [0.1, 0.15) is 43.4 Å². The smallest absolute Gasteiger partial charge is 0.0440 e. The van der Waals surface area contributed by atoms with Crippen molar-refractivity contribution in [2.45, 2.75) is 39.5 Å². The number of unbranched alkanes of at least 4 members (excludes halogenated alkanes) is 1. The zero-order chi connectivity index (χ0) is 11.8. The average molecular weight is 216 g/mol. The van der Waals surface area contributed by atoms with E-state index in [4.69, 9.17) is 5.11 Å². The van der Waals surface area contributed by atoms with Crippen LogP contribution in [0.2, 0.25) is 0 Å². The lowest BCUT2D eigenvalue weighted by atomic mass is 10.0. The third-order valence-electron chi connectivity index (χ3n) is 2.66. The number of hydrogen-bond acceptors (Lipinski definition) is 1. The van der Waals surface area contributed by atoms with Gasteiger partial charge in [-0.25, -0.2) is 0 Å². The second-order valence-electron chi connectivity index (χ2n) is 3.82. The van der Waals surface area contributed by atoms with Crippen molar-refractivity contribution in [2.75, 3.05) is 6.61 Å². The minimum Gasteiger partial charge on any atom is -0.396 e. The third-order valence-corrected chi connectivity index (χ3v) is 2.66. The molecule has 1 aromatic carbocycles. The lowest BCUT2D eigenvalue weighted by molar-refractivity contribution is 0.290. The van der Waals surface area contributed by atoms with Gasteiger partial charge in [0.05, 0.1) is 0 Å². The van der Waals surface area contributed by atoms with E-state index in [0.29, 0.717) is 0 Å². The average Bonchev–Trinajstić information content (AvgIpc) is 2.34. The molecule has 0 spiro atoms. The van der Waals surface area contributed by atoms with Crippen molar-refractivity contribution in [3.8, 4) is 11.8 Å². The molecule has 0 bridgehead atoms. The summed E-state index contributed by atoms with van der Waals surface area (Å²) in [7, 11) is 0. The molecule has 0 aliphatic heterocycles. The van der Waals surface area contributed by atoms with Gasteiger partial charge in [0, 0.05) is 18.6 Å². The second-order valence-corrected chi connectivity index (χ2v) is 3.82. The van der Waals surface area contributed by atoms with Gasteiger partial charge in [-0.3, -0.25) is 0 Å². The zero-order valence-corrected chi connectivity index (χ0v) is 10.2. The van der Waals surface area contributed by atoms with Gasteiger partial charge in [-0.05, 0) is 42.5 Å². The molecule has 0 heterocycles. The van der Waals surface area contributed by atoms with Crippen LogP contribution in [-0.4, -0.2) is 11.7 Å². The van der Waals surface area contributed by atoms with Crippen LogP contribution in [0.3, 0.4) is 0 Å². The predicted molar refractivity (Wildman–Crippen MR) is 68.4 cm³/mol. The van der Waals surface area contributed by atoms with Crippen LogP contribution in [0.15, 0.2) is 18.2 Å². The van der Waals surface area contributed by atoms with Gasteiger partial charge >= 0.3 is 0 Å². The molecule has 1 nitrogen and oxygen atoms in total. The van der Waals surface area contributed by atoms with Crippen LogP contribution in [0, 0.1) is 11.8 Å². The number of aryl methyl sites for hydroxylation is 2. The van der Waals surface area contributed by atoms with E-state index in [1.165, 1.54) is 11.1 Å². The van der Waals surface area contributed by atoms with Crippen LogP contribution in [0.5, 0.6) is 0 Å². The summed E-state index contributed by atoms with van der Waals surface area (Å²) in [4.78, 5) is 0. The molecule has 86 valence electrons. The molecular weight excluding hydrogens is 196 g/mol. The summed E-state index contributed by atoms with van der Waals surface area (Å²) in [6.45, 7) is 4.59. The molecule has 0 atom stereocenters. The summed E-state index contributed by atoms with van der Waals surface area (Å²) >= 11 is 0. The summed E-state index contributed by atoms with van der Waals surface area (Å²) in [6, 6.07) is 6.45. The first kappa shape index (κ1) is 12.8. The van der Waals surface area contributed by atoms with Gasteiger partial charge in [-0.2, -0.15) is 0 Å². The highest BCUT2D eigenvalue weighted by Gasteiger charge is 1.98. The van der Waals surface area contributed by atoms with Crippen molar-refractivity contribution in [3.05, 3.63) is 34.9 Å². The molecule has 0 amide bonds. The van der Waals surface area contributed by atoms with Gasteiger partial charge in [-0.1, -0.05) is 31.8 Å². The van der Waals surface area contributed by atoms with Crippen molar-refractivity contribution in [2.24, 2.45) is 0 Å². The molecule has 0 saturated heterocycles. The van der Waals surface area contributed by atoms with E-state index in [1.54, 1.807) is 0 Å². The van der Waals surface area contributed by atoms with Gasteiger partial charge < -0.3 is 5.11 Å². The number of aliphatic hydroxyl groups is 1. The van der Waals surface area contributed by atoms with Crippen LogP contribution in [0.25, 0.3) is 0 Å². The van der Waals surface area contributed by atoms with Gasteiger partial charge in [0.25, 0.3) is 0 Å². The number of benzene rings is 1. The van der Waals surface area contributed by atoms with Crippen molar-refractivity contribution >= 4 is 0 Å². The minimum atomic E-state index is 0.226. The topological polar surface area (TPSA) is 20.2 Å². The molecule has 1 rings (SSSR count). The van der Waals surface area contributed by atoms with Crippen molar-refractivity contribution in [1.82, 2.24) is 0 Å². The van der Waals surface area contributed by atoms with Crippen LogP contribution < -0.4 is 0 Å². The van der Waals surface area contributed by atoms with Crippen LogP contribution in [-0.2, 0) is 12.8 Å². The first-order valence-electron chi connectivity index (χ1n) is 6.03. The summed E-state index contributed by atoms with van der Waals surface area (Å²) in [5.74, 6) is 6.23. The zero-order valence-electron chi connectivity index (χ0n) is 10.2. The van der Waals surface area contributed by atoms with E-state index < -0.39 is 0 Å². The Morgan fingerprint density at radius 3 is 2.50 bits per heavy atom. The fraction of sp³-hybridized carbons (Fsp3) is 0.467. The van der Waals surface area contributed by atoms with E-state index in [1.807, 2.05) is 0 Å². The molecule has 0 aromatic heterocycles. The summed E-state index contributed by atoms with van der Waals surface area (Å²) in [6.07, 6.45) is 3.69. The normalized spacial score (nSPS) is 9.69. The van der Waals surface area contributed by atoms with Gasteiger partial charge in [0.2, 0.25) is 0 Å². The van der Waals surface area contributed by atoms with Gasteiger partial charge in [-0.15, -0.1) is 0 Å². The molecule has 16 heavy (non-hydrogen) atoms. The Morgan fingerprint density at radius 2 is 1.88 bits per heavy atom. The lowest BCUT2D eigenvalue weighted by Gasteiger charge is -2.05. The van der Waals surface area contributed by atoms with Gasteiger partial charge in [0.1, 0.15) is 0 Å². The Hall–Kier alpha value is -1.26. The summed E-state index contributed by atoms with van der Waals surface area (Å²) in [5.41, 5.74) is 3.91. The highest BCUT2D eigenvalue weighted by Crippen LogP contribution is 2.13. The Kier molecular flexibility index (Phi) is 5.67. The molecular formula is C15H20O. The molecule has 1 heteroatoms. The molecule has 0 unspecified atom stereocenters. The quantitative estimate of drug-likeness (QED) is 0.606. The summed E-state index contributed by atoms with van der Waals surface area (Å²) in [5, 5.41) is 8.65. The first-order chi connectivity index (χ1) is 7.81. The fourth-order valence-electron chi connectivity index (χ4n) is 1.71. The van der Waals surface area contributed by atoms with E-state index in [2.05, 4.69) is 43.9 Å². The second kappa shape index (κ2) is 7.09. The molecule has 1 aromatic rings. The largest absolute Gasteiger partial charge is 0.396 e. The van der Waals surface area contributed by atoms with E-state index in [0.717, 1.165) is 31.2 Å². The van der Waals surface area contributed by atoms with Crippen LogP contribution in [0.4, 0.5) is 0 Å². The van der Waals surface area contributed by atoms with Gasteiger partial charge in [0.15, 0.2) is 0 Å². The van der Waals surface area contributed by atoms with E-state index in [-0.39, 0.29) is 6.61 Å². The Labute approximate surface area is 98.5 Å². The highest BCUT2D eigenvalue weighted by molar-refractivity contribution is 5.41. The Balaban J connectivity index is 2.77. The SMILES string of the molecule is CCc1ccc(C#CCCCO)cc1CC. The molecule has 0 radical (unpaired) electrons. The fourth-order valence-corrected chi connectivity index (χ4v) is 1.71. The first-order valence-corrected chi connectivity index (χ1v) is 6.03. The highest BCUT2D eigenvalue weighted by atomic mass is 16.2. The minimum absolute atomic E-state index is 0.226. The maximum atomic E-state index is 8.65. The molecule has 0 fully saturated rings. The Bertz CT molecular complexity index is 382. The van der Waals surface area contributed by atoms with Crippen LogP contribution >= 0.6 is 0 Å². The Morgan fingerprint density at radius 1 is 1.12 bits per heavy atom. The van der Waals surface area contributed by atoms with Crippen molar-refractivity contribution < 1.29 is 5.11 Å². The number of rotatable bonds is 4. The predicted octanol–water partition coefficient (Wildman–Crippen LogP) is 2.94. The maximum Gasteiger partial charge on any atom is 0.0440 e. The molecule has 1 N–H and O–H groups in total. The monoisotopic (exact) mass is 216 g/mol.